The van der Waals surface area contributed by atoms with Crippen molar-refractivity contribution in [1.82, 2.24) is 0 Å². The van der Waals surface area contributed by atoms with E-state index in [-0.39, 0.29) is 0 Å². The number of nitrogens with two attached hydrogens (primary N) is 1. The molecule has 0 aliphatic heterocycles. The third-order valence-electron chi connectivity index (χ3n) is 0.800. The van der Waals surface area contributed by atoms with Gasteiger partial charge in [0.05, 0.1) is 0 Å². The summed E-state index contributed by atoms with van der Waals surface area (Å²) in [7, 11) is -5.67. The zero-order chi connectivity index (χ0) is 9.61. The van der Waals surface area contributed by atoms with Crippen molar-refractivity contribution >= 4 is 16.3 Å². The van der Waals surface area contributed by atoms with Crippen LogP contribution in [-0.2, 0) is 10.6 Å². The first-order chi connectivity index (χ1) is 5.39. The van der Waals surface area contributed by atoms with Gasteiger partial charge in [0.15, 0.2) is 0 Å². The maximum absolute atomic E-state index is 9.99. The summed E-state index contributed by atoms with van der Waals surface area (Å²) in [6, 6.07) is 9.49. The van der Waals surface area contributed by atoms with E-state index in [1.807, 2.05) is 30.3 Å². The summed E-state index contributed by atoms with van der Waals surface area (Å²) in [6.45, 7) is 0. The van der Waals surface area contributed by atoms with Crippen molar-refractivity contribution < 1.29 is 16.2 Å². The lowest BCUT2D eigenvalue weighted by atomic mass is 10.3. The molecule has 0 saturated carbocycles. The highest BCUT2D eigenvalue weighted by Gasteiger charge is 1.94. The Morgan fingerprint density at radius 1 is 1.08 bits per heavy atom. The van der Waals surface area contributed by atoms with Crippen LogP contribution < -0.4 is 5.73 Å². The first-order valence-electron chi connectivity index (χ1n) is 2.84. The molecular weight excluding hydrogens is 188 g/mol. The average Bonchev–Trinajstić information content (AvgIpc) is 1.85. The summed E-state index contributed by atoms with van der Waals surface area (Å²) in [6.07, 6.45) is 0. The molecule has 68 valence electrons. The molecule has 0 unspecified atom stereocenters. The van der Waals surface area contributed by atoms with Gasteiger partial charge in [-0.2, -0.15) is 8.42 Å². The lowest BCUT2D eigenvalue weighted by Gasteiger charge is -1.83. The van der Waals surface area contributed by atoms with E-state index >= 15 is 0 Å². The van der Waals surface area contributed by atoms with Gasteiger partial charge in [-0.3, -0.25) is 0 Å². The third kappa shape index (κ3) is 11.6. The lowest BCUT2D eigenvalue weighted by molar-refractivity contribution is 0.501. The maximum atomic E-state index is 9.99. The second-order valence-corrected chi connectivity index (χ2v) is 2.55. The van der Waals surface area contributed by atoms with Gasteiger partial charge in [0, 0.05) is 5.69 Å². The minimum atomic E-state index is -5.67. The number of hydrogen-bond donors (Lipinski definition) is 1. The molecule has 0 aliphatic carbocycles. The molecular formula is C6H7F2NO2S. The fourth-order valence-electron chi connectivity index (χ4n) is 0.453. The number of halogens is 2. The van der Waals surface area contributed by atoms with Gasteiger partial charge in [0.1, 0.15) is 0 Å². The van der Waals surface area contributed by atoms with Crippen LogP contribution in [0, 0.1) is 0 Å². The Morgan fingerprint density at radius 3 is 1.58 bits per heavy atom. The SMILES string of the molecule is Nc1ccccc1.O=S(=O)(F)F. The van der Waals surface area contributed by atoms with Gasteiger partial charge in [-0.25, -0.2) is 0 Å². The van der Waals surface area contributed by atoms with E-state index in [0.717, 1.165) is 5.69 Å². The van der Waals surface area contributed by atoms with E-state index in [2.05, 4.69) is 0 Å². The summed E-state index contributed by atoms with van der Waals surface area (Å²) < 4.78 is 36.6. The van der Waals surface area contributed by atoms with E-state index in [1.54, 1.807) is 0 Å². The van der Waals surface area contributed by atoms with Gasteiger partial charge in [0.2, 0.25) is 0 Å². The van der Waals surface area contributed by atoms with Crippen molar-refractivity contribution in [1.29, 1.82) is 0 Å². The zero-order valence-electron chi connectivity index (χ0n) is 5.94. The maximum Gasteiger partial charge on any atom is 0.476 e. The number of hydrogen-bond acceptors (Lipinski definition) is 3. The van der Waals surface area contributed by atoms with Gasteiger partial charge in [-0.05, 0) is 12.1 Å². The van der Waals surface area contributed by atoms with Crippen molar-refractivity contribution in [2.45, 2.75) is 0 Å². The van der Waals surface area contributed by atoms with Crippen LogP contribution in [0.2, 0.25) is 0 Å². The van der Waals surface area contributed by atoms with Crippen molar-refractivity contribution in [2.24, 2.45) is 0 Å². The number of rotatable bonds is 0. The van der Waals surface area contributed by atoms with Crippen LogP contribution >= 0.6 is 0 Å². The lowest BCUT2D eigenvalue weighted by Crippen LogP contribution is -1.79. The van der Waals surface area contributed by atoms with Gasteiger partial charge < -0.3 is 5.73 Å². The normalized spacial score (nSPS) is 9.83. The summed E-state index contributed by atoms with van der Waals surface area (Å²) >= 11 is 0. The topological polar surface area (TPSA) is 60.2 Å². The highest BCUT2D eigenvalue weighted by molar-refractivity contribution is 7.81. The smallest absolute Gasteiger partial charge is 0.399 e. The van der Waals surface area contributed by atoms with Gasteiger partial charge in [-0.1, -0.05) is 26.0 Å². The van der Waals surface area contributed by atoms with Crippen molar-refractivity contribution in [3.63, 3.8) is 0 Å². The number of para-hydroxylation sites is 1. The summed E-state index contributed by atoms with van der Waals surface area (Å²) in [4.78, 5) is 0. The zero-order valence-corrected chi connectivity index (χ0v) is 6.76. The Morgan fingerprint density at radius 2 is 1.42 bits per heavy atom. The molecule has 0 aromatic heterocycles. The van der Waals surface area contributed by atoms with Crippen LogP contribution in [0.15, 0.2) is 30.3 Å². The fraction of sp³-hybridized carbons (Fsp3) is 0. The molecule has 0 spiro atoms. The second-order valence-electron chi connectivity index (χ2n) is 1.79. The molecule has 1 rings (SSSR count). The van der Waals surface area contributed by atoms with Gasteiger partial charge in [-0.15, -0.1) is 0 Å². The number of benzene rings is 1. The predicted octanol–water partition coefficient (Wildman–Crippen LogP) is 1.44. The van der Waals surface area contributed by atoms with E-state index in [1.165, 1.54) is 0 Å². The molecule has 0 heterocycles. The standard InChI is InChI=1S/C6H7N.F2O2S/c7-6-4-2-1-3-5-6;1-5(2,3)4/h1-5H,7H2;. The van der Waals surface area contributed by atoms with Crippen LogP contribution in [0.25, 0.3) is 0 Å². The largest absolute Gasteiger partial charge is 0.476 e. The molecule has 0 bridgehead atoms. The first-order valence-corrected chi connectivity index (χ1v) is 4.13. The summed E-state index contributed by atoms with van der Waals surface area (Å²) in [5, 5.41) is 0. The van der Waals surface area contributed by atoms with Crippen molar-refractivity contribution in [3.8, 4) is 0 Å². The Hall–Kier alpha value is -1.17. The Kier molecular flexibility index (Phi) is 4.20. The van der Waals surface area contributed by atoms with Crippen LogP contribution in [0.5, 0.6) is 0 Å². The molecule has 0 aliphatic rings. The average molecular weight is 195 g/mol. The molecule has 2 N–H and O–H groups in total. The molecule has 0 fully saturated rings. The van der Waals surface area contributed by atoms with E-state index in [9.17, 15) is 7.77 Å². The molecule has 1 aromatic rings. The molecule has 12 heavy (non-hydrogen) atoms. The fourth-order valence-corrected chi connectivity index (χ4v) is 0.453. The Bertz CT molecular complexity index is 304. The third-order valence-corrected chi connectivity index (χ3v) is 0.800. The van der Waals surface area contributed by atoms with E-state index in [0.29, 0.717) is 0 Å². The van der Waals surface area contributed by atoms with Crippen molar-refractivity contribution in [3.05, 3.63) is 30.3 Å². The van der Waals surface area contributed by atoms with E-state index in [4.69, 9.17) is 14.2 Å². The van der Waals surface area contributed by atoms with Crippen LogP contribution in [-0.4, -0.2) is 8.42 Å². The molecule has 0 amide bonds. The van der Waals surface area contributed by atoms with Crippen LogP contribution in [0.1, 0.15) is 0 Å². The highest BCUT2D eigenvalue weighted by Crippen LogP contribution is 1.95. The molecule has 0 radical (unpaired) electrons. The van der Waals surface area contributed by atoms with Crippen LogP contribution in [0.4, 0.5) is 13.5 Å². The molecule has 1 aromatic carbocycles. The predicted molar refractivity (Wildman–Crippen MR) is 42.0 cm³/mol. The number of anilines is 1. The molecule has 0 atom stereocenters. The van der Waals surface area contributed by atoms with E-state index < -0.39 is 10.6 Å². The van der Waals surface area contributed by atoms with Crippen LogP contribution in [0.3, 0.4) is 0 Å². The first kappa shape index (κ1) is 10.8. The summed E-state index contributed by atoms with van der Waals surface area (Å²) in [5.41, 5.74) is 6.18. The monoisotopic (exact) mass is 195 g/mol. The Labute approximate surface area is 69.3 Å². The quantitative estimate of drug-likeness (QED) is 0.503. The van der Waals surface area contributed by atoms with Crippen molar-refractivity contribution in [2.75, 3.05) is 5.73 Å². The van der Waals surface area contributed by atoms with Gasteiger partial charge in [0.25, 0.3) is 0 Å². The minimum Gasteiger partial charge on any atom is -0.399 e. The summed E-state index contributed by atoms with van der Waals surface area (Å²) in [5.74, 6) is 0. The molecule has 6 heteroatoms. The molecule has 0 saturated heterocycles. The van der Waals surface area contributed by atoms with Gasteiger partial charge >= 0.3 is 10.6 Å². The highest BCUT2D eigenvalue weighted by atomic mass is 32.3. The Balaban J connectivity index is 0.000000217. The second kappa shape index (κ2) is 4.66. The number of nitrogen functional groups attached to an aromatic ring is 1. The molecule has 3 nitrogen and oxygen atoms in total. The minimum absolute atomic E-state index is 0.822.